The predicted octanol–water partition coefficient (Wildman–Crippen LogP) is 4.08. The smallest absolute Gasteiger partial charge is 0.249 e. The van der Waals surface area contributed by atoms with Crippen molar-refractivity contribution in [2.45, 2.75) is 51.7 Å². The third-order valence-corrected chi connectivity index (χ3v) is 5.72. The normalized spacial score (nSPS) is 16.2. The van der Waals surface area contributed by atoms with Crippen molar-refractivity contribution in [1.29, 1.82) is 0 Å². The van der Waals surface area contributed by atoms with Gasteiger partial charge in [-0.1, -0.05) is 44.2 Å². The van der Waals surface area contributed by atoms with Gasteiger partial charge >= 0.3 is 0 Å². The van der Waals surface area contributed by atoms with E-state index in [1.807, 2.05) is 30.3 Å². The van der Waals surface area contributed by atoms with Crippen LogP contribution in [0.25, 0.3) is 11.0 Å². The highest BCUT2D eigenvalue weighted by molar-refractivity contribution is 5.81. The first-order chi connectivity index (χ1) is 15.1. The van der Waals surface area contributed by atoms with Gasteiger partial charge in [-0.2, -0.15) is 0 Å². The maximum atomic E-state index is 12.2. The predicted molar refractivity (Wildman–Crippen MR) is 121 cm³/mol. The summed E-state index contributed by atoms with van der Waals surface area (Å²) in [6, 6.07) is 16.3. The van der Waals surface area contributed by atoms with Crippen molar-refractivity contribution in [2.75, 3.05) is 19.8 Å². The second kappa shape index (κ2) is 9.96. The molecule has 0 spiro atoms. The van der Waals surface area contributed by atoms with E-state index in [0.29, 0.717) is 38.6 Å². The summed E-state index contributed by atoms with van der Waals surface area (Å²) in [4.78, 5) is 17.0. The van der Waals surface area contributed by atoms with Crippen LogP contribution in [0, 0.1) is 0 Å². The van der Waals surface area contributed by atoms with Gasteiger partial charge in [0, 0.05) is 19.6 Å². The van der Waals surface area contributed by atoms with Crippen molar-refractivity contribution >= 4 is 16.9 Å². The zero-order valence-corrected chi connectivity index (χ0v) is 18.3. The molecule has 1 N–H and O–H groups in total. The SMILES string of the molecule is CC(C)c1ccccc1OCCn1c(CCNC(=O)C2CCCO2)nc2ccccc21. The number of rotatable bonds is 9. The number of fused-ring (bicyclic) bond motifs is 1. The Morgan fingerprint density at radius 2 is 2.03 bits per heavy atom. The zero-order valence-electron chi connectivity index (χ0n) is 18.3. The van der Waals surface area contributed by atoms with Crippen LogP contribution in [-0.4, -0.2) is 41.3 Å². The van der Waals surface area contributed by atoms with Crippen LogP contribution in [0.4, 0.5) is 0 Å². The molecule has 1 aliphatic rings. The average molecular weight is 422 g/mol. The van der Waals surface area contributed by atoms with Gasteiger partial charge in [0.1, 0.15) is 24.3 Å². The van der Waals surface area contributed by atoms with E-state index in [0.717, 1.165) is 35.4 Å². The van der Waals surface area contributed by atoms with Gasteiger partial charge in [0.25, 0.3) is 0 Å². The molecule has 4 rings (SSSR count). The molecule has 164 valence electrons. The summed E-state index contributed by atoms with van der Waals surface area (Å²) in [6.07, 6.45) is 2.12. The number of para-hydroxylation sites is 3. The molecule has 6 nitrogen and oxygen atoms in total. The number of aromatic nitrogens is 2. The maximum Gasteiger partial charge on any atom is 0.249 e. The van der Waals surface area contributed by atoms with E-state index in [2.05, 4.69) is 41.9 Å². The molecule has 1 saturated heterocycles. The monoisotopic (exact) mass is 421 g/mol. The molecule has 0 radical (unpaired) electrons. The summed E-state index contributed by atoms with van der Waals surface area (Å²) in [6.45, 7) is 6.82. The van der Waals surface area contributed by atoms with Crippen LogP contribution in [0.1, 0.15) is 44.0 Å². The molecule has 2 heterocycles. The Hall–Kier alpha value is -2.86. The van der Waals surface area contributed by atoms with E-state index >= 15 is 0 Å². The van der Waals surface area contributed by atoms with Gasteiger partial charge in [-0.25, -0.2) is 4.98 Å². The van der Waals surface area contributed by atoms with Gasteiger partial charge in [0.15, 0.2) is 0 Å². The average Bonchev–Trinajstić information content (AvgIpc) is 3.43. The summed E-state index contributed by atoms with van der Waals surface area (Å²) < 4.78 is 13.8. The first kappa shape index (κ1) is 21.4. The molecule has 0 bridgehead atoms. The fourth-order valence-electron chi connectivity index (χ4n) is 4.10. The highest BCUT2D eigenvalue weighted by atomic mass is 16.5. The Balaban J connectivity index is 1.42. The number of hydrogen-bond acceptors (Lipinski definition) is 4. The van der Waals surface area contributed by atoms with Crippen LogP contribution in [0.2, 0.25) is 0 Å². The molecule has 1 aliphatic heterocycles. The first-order valence-corrected chi connectivity index (χ1v) is 11.2. The molecular weight excluding hydrogens is 390 g/mol. The standard InChI is InChI=1S/C25H31N3O3/c1-18(2)19-8-3-6-11-22(19)31-17-15-28-21-10-5-4-9-20(21)27-24(28)13-14-26-25(29)23-12-7-16-30-23/h3-6,8-11,18,23H,7,12-17H2,1-2H3,(H,26,29). The molecule has 1 unspecified atom stereocenters. The maximum absolute atomic E-state index is 12.2. The summed E-state index contributed by atoms with van der Waals surface area (Å²) in [5.74, 6) is 2.28. The third kappa shape index (κ3) is 5.07. The molecule has 1 amide bonds. The Bertz CT molecular complexity index is 1020. The summed E-state index contributed by atoms with van der Waals surface area (Å²) in [7, 11) is 0. The van der Waals surface area contributed by atoms with E-state index in [-0.39, 0.29) is 12.0 Å². The highest BCUT2D eigenvalue weighted by Gasteiger charge is 2.23. The van der Waals surface area contributed by atoms with Gasteiger partial charge in [-0.05, 0) is 42.5 Å². The lowest BCUT2D eigenvalue weighted by molar-refractivity contribution is -0.130. The molecule has 6 heteroatoms. The topological polar surface area (TPSA) is 65.4 Å². The second-order valence-electron chi connectivity index (χ2n) is 8.25. The minimum Gasteiger partial charge on any atom is -0.491 e. The van der Waals surface area contributed by atoms with Gasteiger partial charge in [-0.3, -0.25) is 4.79 Å². The molecule has 2 aromatic carbocycles. The molecule has 1 aromatic heterocycles. The van der Waals surface area contributed by atoms with Gasteiger partial charge in [-0.15, -0.1) is 0 Å². The Labute approximate surface area is 183 Å². The van der Waals surface area contributed by atoms with Crippen molar-refractivity contribution in [3.05, 3.63) is 59.9 Å². The Morgan fingerprint density at radius 1 is 1.23 bits per heavy atom. The largest absolute Gasteiger partial charge is 0.491 e. The van der Waals surface area contributed by atoms with E-state index < -0.39 is 0 Å². The number of hydrogen-bond donors (Lipinski definition) is 1. The highest BCUT2D eigenvalue weighted by Crippen LogP contribution is 2.26. The number of imidazole rings is 1. The minimum absolute atomic E-state index is 0.0196. The van der Waals surface area contributed by atoms with E-state index in [1.165, 1.54) is 5.56 Å². The lowest BCUT2D eigenvalue weighted by Crippen LogP contribution is -2.35. The van der Waals surface area contributed by atoms with E-state index in [1.54, 1.807) is 0 Å². The number of amides is 1. The lowest BCUT2D eigenvalue weighted by atomic mass is 10.0. The zero-order chi connectivity index (χ0) is 21.6. The van der Waals surface area contributed by atoms with Crippen LogP contribution in [-0.2, 0) is 22.5 Å². The van der Waals surface area contributed by atoms with Gasteiger partial charge in [0.2, 0.25) is 5.91 Å². The van der Waals surface area contributed by atoms with Crippen LogP contribution in [0.3, 0.4) is 0 Å². The summed E-state index contributed by atoms with van der Waals surface area (Å²) >= 11 is 0. The Morgan fingerprint density at radius 3 is 2.84 bits per heavy atom. The third-order valence-electron chi connectivity index (χ3n) is 5.72. The fourth-order valence-corrected chi connectivity index (χ4v) is 4.10. The van der Waals surface area contributed by atoms with Gasteiger partial charge in [0.05, 0.1) is 17.6 Å². The van der Waals surface area contributed by atoms with Crippen LogP contribution >= 0.6 is 0 Å². The number of nitrogens with zero attached hydrogens (tertiary/aromatic N) is 2. The van der Waals surface area contributed by atoms with Crippen molar-refractivity contribution < 1.29 is 14.3 Å². The molecule has 3 aromatic rings. The quantitative estimate of drug-likeness (QED) is 0.566. The summed E-state index contributed by atoms with van der Waals surface area (Å²) in [5, 5.41) is 3.00. The molecule has 0 aliphatic carbocycles. The Kier molecular flexibility index (Phi) is 6.87. The molecule has 31 heavy (non-hydrogen) atoms. The number of carbonyl (C=O) groups excluding carboxylic acids is 1. The van der Waals surface area contributed by atoms with Crippen LogP contribution in [0.5, 0.6) is 5.75 Å². The molecule has 1 atom stereocenters. The lowest BCUT2D eigenvalue weighted by Gasteiger charge is -2.15. The van der Waals surface area contributed by atoms with Crippen molar-refractivity contribution in [3.8, 4) is 5.75 Å². The minimum atomic E-state index is -0.298. The molecule has 0 saturated carbocycles. The van der Waals surface area contributed by atoms with Crippen molar-refractivity contribution in [1.82, 2.24) is 14.9 Å². The number of benzene rings is 2. The van der Waals surface area contributed by atoms with Crippen molar-refractivity contribution in [3.63, 3.8) is 0 Å². The van der Waals surface area contributed by atoms with Crippen LogP contribution < -0.4 is 10.1 Å². The van der Waals surface area contributed by atoms with Gasteiger partial charge < -0.3 is 19.4 Å². The number of carbonyl (C=O) groups is 1. The number of ether oxygens (including phenoxy) is 2. The van der Waals surface area contributed by atoms with Crippen molar-refractivity contribution in [2.24, 2.45) is 0 Å². The first-order valence-electron chi connectivity index (χ1n) is 11.2. The van der Waals surface area contributed by atoms with E-state index in [4.69, 9.17) is 14.5 Å². The number of nitrogens with one attached hydrogen (secondary N) is 1. The second-order valence-corrected chi connectivity index (χ2v) is 8.25. The molecule has 1 fully saturated rings. The van der Waals surface area contributed by atoms with E-state index in [9.17, 15) is 4.79 Å². The summed E-state index contributed by atoms with van der Waals surface area (Å²) in [5.41, 5.74) is 3.27. The van der Waals surface area contributed by atoms with Crippen LogP contribution in [0.15, 0.2) is 48.5 Å². The fraction of sp³-hybridized carbons (Fsp3) is 0.440. The molecular formula is C25H31N3O3.